The van der Waals surface area contributed by atoms with Gasteiger partial charge in [-0.3, -0.25) is 9.48 Å². The highest BCUT2D eigenvalue weighted by Crippen LogP contribution is 2.59. The zero-order valence-corrected chi connectivity index (χ0v) is 18.7. The van der Waals surface area contributed by atoms with Crippen LogP contribution in [0.5, 0.6) is 0 Å². The quantitative estimate of drug-likeness (QED) is 0.681. The molecule has 0 radical (unpaired) electrons. The summed E-state index contributed by atoms with van der Waals surface area (Å²) < 4.78 is 1.85. The Labute approximate surface area is 183 Å². The number of halogens is 1. The van der Waals surface area contributed by atoms with E-state index in [2.05, 4.69) is 24.8 Å². The van der Waals surface area contributed by atoms with E-state index in [-0.39, 0.29) is 34.7 Å². The zero-order valence-electron chi connectivity index (χ0n) is 18.0. The first-order valence-electron chi connectivity index (χ1n) is 11.1. The highest BCUT2D eigenvalue weighted by molar-refractivity contribution is 6.35. The molecule has 1 amide bonds. The Bertz CT molecular complexity index is 1070. The van der Waals surface area contributed by atoms with Gasteiger partial charge >= 0.3 is 0 Å². The van der Waals surface area contributed by atoms with Gasteiger partial charge in [0.15, 0.2) is 0 Å². The van der Waals surface area contributed by atoms with Crippen LogP contribution in [0.2, 0.25) is 5.02 Å². The molecule has 2 saturated heterocycles. The summed E-state index contributed by atoms with van der Waals surface area (Å²) >= 11 is 6.49. The highest BCUT2D eigenvalue weighted by atomic mass is 35.5. The van der Waals surface area contributed by atoms with E-state index >= 15 is 0 Å². The molecule has 2 aliphatic heterocycles. The van der Waals surface area contributed by atoms with Crippen molar-refractivity contribution in [1.29, 1.82) is 5.26 Å². The van der Waals surface area contributed by atoms with E-state index in [1.54, 1.807) is 0 Å². The van der Waals surface area contributed by atoms with Crippen molar-refractivity contribution in [2.75, 3.05) is 0 Å². The van der Waals surface area contributed by atoms with Gasteiger partial charge in [0.05, 0.1) is 27.7 Å². The molecule has 1 aromatic heterocycles. The molecule has 3 heterocycles. The van der Waals surface area contributed by atoms with E-state index in [1.165, 1.54) is 0 Å². The lowest BCUT2D eigenvalue weighted by molar-refractivity contribution is -0.144. The Morgan fingerprint density at radius 2 is 2.13 bits per heavy atom. The normalized spacial score (nSPS) is 33.5. The summed E-state index contributed by atoms with van der Waals surface area (Å²) in [6.07, 6.45) is 6.23. The number of rotatable bonds is 3. The molecule has 5 nitrogen and oxygen atoms in total. The van der Waals surface area contributed by atoms with Crippen molar-refractivity contribution in [2.45, 2.75) is 76.8 Å². The van der Waals surface area contributed by atoms with Crippen molar-refractivity contribution in [1.82, 2.24) is 14.7 Å². The molecule has 2 saturated carbocycles. The van der Waals surface area contributed by atoms with Crippen LogP contribution in [0.25, 0.3) is 10.9 Å². The molecule has 1 aromatic carbocycles. The fraction of sp³-hybridized carbons (Fsp3) is 0.625. The predicted molar refractivity (Wildman–Crippen MR) is 117 cm³/mol. The highest BCUT2D eigenvalue weighted by Gasteiger charge is 2.56. The van der Waals surface area contributed by atoms with Gasteiger partial charge in [0, 0.05) is 36.9 Å². The average Bonchev–Trinajstić information content (AvgIpc) is 2.92. The number of piperidine rings is 1. The van der Waals surface area contributed by atoms with E-state index in [0.717, 1.165) is 55.1 Å². The van der Waals surface area contributed by atoms with Crippen LogP contribution in [0, 0.1) is 22.2 Å². The van der Waals surface area contributed by atoms with E-state index in [0.29, 0.717) is 11.4 Å². The molecular formula is C24H29ClN4O. The fourth-order valence-electron chi connectivity index (χ4n) is 6.90. The van der Waals surface area contributed by atoms with Crippen LogP contribution in [-0.4, -0.2) is 32.7 Å². The molecule has 4 bridgehead atoms. The summed E-state index contributed by atoms with van der Waals surface area (Å²) in [6.45, 7) is 4.40. The van der Waals surface area contributed by atoms with E-state index in [1.807, 2.05) is 29.9 Å². The predicted octanol–water partition coefficient (Wildman–Crippen LogP) is 5.18. The van der Waals surface area contributed by atoms with Gasteiger partial charge in [0.25, 0.3) is 0 Å². The van der Waals surface area contributed by atoms with Crippen molar-refractivity contribution in [3.05, 3.63) is 28.9 Å². The van der Waals surface area contributed by atoms with Crippen molar-refractivity contribution in [2.24, 2.45) is 17.9 Å². The van der Waals surface area contributed by atoms with Gasteiger partial charge in [0.2, 0.25) is 5.91 Å². The lowest BCUT2D eigenvalue weighted by atomic mass is 9.59. The third kappa shape index (κ3) is 2.95. The number of carbonyl (C=O) groups excluding carboxylic acids is 1. The van der Waals surface area contributed by atoms with Crippen LogP contribution in [0.3, 0.4) is 0 Å². The van der Waals surface area contributed by atoms with E-state index in [4.69, 9.17) is 16.7 Å². The van der Waals surface area contributed by atoms with Crippen molar-refractivity contribution in [3.63, 3.8) is 0 Å². The number of nitrogens with zero attached hydrogens (tertiary/aromatic N) is 4. The molecule has 5 atom stereocenters. The second-order valence-corrected chi connectivity index (χ2v) is 10.8. The van der Waals surface area contributed by atoms with Gasteiger partial charge < -0.3 is 4.90 Å². The van der Waals surface area contributed by atoms with Crippen LogP contribution >= 0.6 is 11.6 Å². The molecule has 0 spiro atoms. The first-order valence-corrected chi connectivity index (χ1v) is 11.5. The summed E-state index contributed by atoms with van der Waals surface area (Å²) in [5, 5.41) is 16.3. The van der Waals surface area contributed by atoms with Crippen LogP contribution in [0.4, 0.5) is 0 Å². The first kappa shape index (κ1) is 19.9. The maximum atomic E-state index is 13.6. The van der Waals surface area contributed by atoms with Gasteiger partial charge in [-0.2, -0.15) is 10.4 Å². The number of carbonyl (C=O) groups is 1. The lowest BCUT2D eigenvalue weighted by Gasteiger charge is -2.54. The Morgan fingerprint density at radius 3 is 2.90 bits per heavy atom. The molecule has 2 aliphatic carbocycles. The number of amides is 1. The maximum Gasteiger partial charge on any atom is 0.223 e. The molecule has 30 heavy (non-hydrogen) atoms. The smallest absolute Gasteiger partial charge is 0.223 e. The first-order chi connectivity index (χ1) is 14.2. The Hall–Kier alpha value is -2.06. The Balaban J connectivity index is 1.42. The third-order valence-corrected chi connectivity index (χ3v) is 8.23. The molecule has 158 valence electrons. The number of hydrogen-bond acceptors (Lipinski definition) is 3. The van der Waals surface area contributed by atoms with Crippen LogP contribution < -0.4 is 0 Å². The Morgan fingerprint density at radius 1 is 1.37 bits per heavy atom. The largest absolute Gasteiger partial charge is 0.337 e. The molecule has 6 rings (SSSR count). The standard InChI is InChI=1S/C24H29ClN4O/c1-15(22-21-18(25)5-4-6-19(21)28(3)27-22)9-20(30)29-16-7-8-24(14-26)12-17(29)11-23(2,10-16)13-24/h4-6,15-17H,7-13H2,1-3H3. The van der Waals surface area contributed by atoms with Crippen LogP contribution in [0.15, 0.2) is 18.2 Å². The second-order valence-electron chi connectivity index (χ2n) is 10.4. The minimum absolute atomic E-state index is 0.0138. The second kappa shape index (κ2) is 6.72. The number of hydrogen-bond donors (Lipinski definition) is 0. The van der Waals surface area contributed by atoms with Crippen molar-refractivity contribution < 1.29 is 4.79 Å². The third-order valence-electron chi connectivity index (χ3n) is 7.92. The van der Waals surface area contributed by atoms with E-state index < -0.39 is 0 Å². The molecule has 2 aromatic rings. The number of benzene rings is 1. The van der Waals surface area contributed by atoms with Crippen LogP contribution in [-0.2, 0) is 11.8 Å². The molecular weight excluding hydrogens is 396 g/mol. The van der Waals surface area contributed by atoms with Gasteiger partial charge in [-0.1, -0.05) is 31.5 Å². The van der Waals surface area contributed by atoms with E-state index in [9.17, 15) is 10.1 Å². The number of aryl methyl sites for hydroxylation is 1. The maximum absolute atomic E-state index is 13.6. The van der Waals surface area contributed by atoms with Gasteiger partial charge in [-0.25, -0.2) is 0 Å². The van der Waals surface area contributed by atoms with Crippen LogP contribution in [0.1, 0.15) is 70.4 Å². The minimum Gasteiger partial charge on any atom is -0.337 e. The zero-order chi connectivity index (χ0) is 21.3. The molecule has 4 fully saturated rings. The van der Waals surface area contributed by atoms with Crippen molar-refractivity contribution >= 4 is 28.4 Å². The van der Waals surface area contributed by atoms with Gasteiger partial charge in [0.1, 0.15) is 0 Å². The van der Waals surface area contributed by atoms with Crippen molar-refractivity contribution in [3.8, 4) is 6.07 Å². The molecule has 5 unspecified atom stereocenters. The minimum atomic E-state index is -0.238. The van der Waals surface area contributed by atoms with Gasteiger partial charge in [-0.05, 0) is 56.1 Å². The summed E-state index contributed by atoms with van der Waals surface area (Å²) in [6, 6.07) is 8.97. The summed E-state index contributed by atoms with van der Waals surface area (Å²) in [7, 11) is 1.92. The Kier molecular flexibility index (Phi) is 4.45. The summed E-state index contributed by atoms with van der Waals surface area (Å²) in [5.41, 5.74) is 1.85. The molecule has 0 N–H and O–H groups in total. The average molecular weight is 425 g/mol. The summed E-state index contributed by atoms with van der Waals surface area (Å²) in [5.74, 6) is 0.196. The summed E-state index contributed by atoms with van der Waals surface area (Å²) in [4.78, 5) is 15.7. The lowest BCUT2D eigenvalue weighted by Crippen LogP contribution is -2.57. The topological polar surface area (TPSA) is 61.9 Å². The number of fused-ring (bicyclic) bond motifs is 2. The molecule has 6 heteroatoms. The fourth-order valence-corrected chi connectivity index (χ4v) is 7.17. The number of nitriles is 1. The number of aromatic nitrogens is 2. The monoisotopic (exact) mass is 424 g/mol. The SMILES string of the molecule is CC(CC(=O)N1C2CCC3(C#N)CC1CC(C)(C2)C3)c1nn(C)c2cccc(Cl)c12. The molecule has 4 aliphatic rings. The van der Waals surface area contributed by atoms with Gasteiger partial charge in [-0.15, -0.1) is 0 Å².